The van der Waals surface area contributed by atoms with E-state index >= 15 is 0 Å². The molecule has 3 rings (SSSR count). The summed E-state index contributed by atoms with van der Waals surface area (Å²) in [7, 11) is 0. The van der Waals surface area contributed by atoms with Crippen LogP contribution in [0.1, 0.15) is 31.4 Å². The molecule has 1 aliphatic heterocycles. The quantitative estimate of drug-likeness (QED) is 0.861. The predicted octanol–water partition coefficient (Wildman–Crippen LogP) is 3.95. The highest BCUT2D eigenvalue weighted by Crippen LogP contribution is 2.22. The summed E-state index contributed by atoms with van der Waals surface area (Å²) in [6.45, 7) is 3.67. The van der Waals surface area contributed by atoms with Crippen LogP contribution in [-0.4, -0.2) is 29.0 Å². The number of hydrogen-bond donors (Lipinski definition) is 1. The van der Waals surface area contributed by atoms with Crippen molar-refractivity contribution in [3.63, 3.8) is 0 Å². The number of aromatic nitrogens is 1. The van der Waals surface area contributed by atoms with Gasteiger partial charge in [-0.1, -0.05) is 31.0 Å². The molecule has 21 heavy (non-hydrogen) atoms. The van der Waals surface area contributed by atoms with Gasteiger partial charge in [0.2, 0.25) is 0 Å². The zero-order valence-electron chi connectivity index (χ0n) is 12.4. The van der Waals surface area contributed by atoms with Gasteiger partial charge in [0.25, 0.3) is 0 Å². The maximum atomic E-state index is 12.4. The Bertz CT molecular complexity index is 646. The number of benzene rings is 1. The van der Waals surface area contributed by atoms with E-state index in [1.165, 1.54) is 12.8 Å². The smallest absolute Gasteiger partial charge is 0.321 e. The molecule has 1 aromatic heterocycles. The number of para-hydroxylation sites is 1. The summed E-state index contributed by atoms with van der Waals surface area (Å²) >= 11 is 0. The van der Waals surface area contributed by atoms with Crippen LogP contribution in [0.25, 0.3) is 10.9 Å². The van der Waals surface area contributed by atoms with E-state index in [1.807, 2.05) is 42.2 Å². The summed E-state index contributed by atoms with van der Waals surface area (Å²) < 4.78 is 0. The second-order valence-corrected chi connectivity index (χ2v) is 5.66. The number of urea groups is 1. The number of nitrogens with one attached hydrogen (secondary N) is 1. The number of amides is 2. The molecule has 0 unspecified atom stereocenters. The Labute approximate surface area is 125 Å². The van der Waals surface area contributed by atoms with Crippen LogP contribution in [0, 0.1) is 6.92 Å². The van der Waals surface area contributed by atoms with Crippen molar-refractivity contribution in [1.82, 2.24) is 9.88 Å². The Hall–Kier alpha value is -2.10. The van der Waals surface area contributed by atoms with Crippen molar-refractivity contribution >= 4 is 22.6 Å². The van der Waals surface area contributed by atoms with Gasteiger partial charge in [-0.05, 0) is 31.9 Å². The van der Waals surface area contributed by atoms with E-state index in [4.69, 9.17) is 0 Å². The first-order valence-corrected chi connectivity index (χ1v) is 7.66. The minimum absolute atomic E-state index is 0.00675. The minimum Gasteiger partial charge on any atom is -0.325 e. The van der Waals surface area contributed by atoms with Crippen LogP contribution in [0.4, 0.5) is 10.5 Å². The van der Waals surface area contributed by atoms with Crippen LogP contribution >= 0.6 is 0 Å². The highest BCUT2D eigenvalue weighted by molar-refractivity contribution is 5.99. The number of fused-ring (bicyclic) bond motifs is 1. The van der Waals surface area contributed by atoms with Crippen LogP contribution in [0.5, 0.6) is 0 Å². The van der Waals surface area contributed by atoms with E-state index in [2.05, 4.69) is 10.3 Å². The molecule has 1 saturated heterocycles. The van der Waals surface area contributed by atoms with Crippen LogP contribution in [0.3, 0.4) is 0 Å². The molecule has 0 aliphatic carbocycles. The number of nitrogens with zero attached hydrogens (tertiary/aromatic N) is 2. The molecule has 1 N–H and O–H groups in total. The monoisotopic (exact) mass is 283 g/mol. The van der Waals surface area contributed by atoms with Gasteiger partial charge in [-0.2, -0.15) is 0 Å². The second-order valence-electron chi connectivity index (χ2n) is 5.66. The lowest BCUT2D eigenvalue weighted by Crippen LogP contribution is -2.35. The van der Waals surface area contributed by atoms with Gasteiger partial charge in [0.05, 0.1) is 11.2 Å². The molecule has 2 aromatic rings. The molecule has 4 nitrogen and oxygen atoms in total. The number of anilines is 1. The van der Waals surface area contributed by atoms with Crippen molar-refractivity contribution < 1.29 is 4.79 Å². The molecule has 2 amide bonds. The molecule has 0 spiro atoms. The van der Waals surface area contributed by atoms with Gasteiger partial charge in [-0.25, -0.2) is 4.79 Å². The van der Waals surface area contributed by atoms with E-state index in [0.717, 1.165) is 48.2 Å². The molecule has 2 heterocycles. The molecular formula is C17H21N3O. The lowest BCUT2D eigenvalue weighted by Gasteiger charge is -2.21. The number of likely N-dealkylation sites (tertiary alicyclic amines) is 1. The van der Waals surface area contributed by atoms with Crippen molar-refractivity contribution in [2.24, 2.45) is 0 Å². The van der Waals surface area contributed by atoms with Gasteiger partial charge in [0.1, 0.15) is 0 Å². The summed E-state index contributed by atoms with van der Waals surface area (Å²) in [5, 5.41) is 4.08. The maximum absolute atomic E-state index is 12.4. The van der Waals surface area contributed by atoms with Crippen LogP contribution in [0.2, 0.25) is 0 Å². The van der Waals surface area contributed by atoms with Crippen molar-refractivity contribution in [1.29, 1.82) is 0 Å². The van der Waals surface area contributed by atoms with Gasteiger partial charge < -0.3 is 10.2 Å². The molecule has 0 radical (unpaired) electrons. The van der Waals surface area contributed by atoms with Crippen LogP contribution in [0.15, 0.2) is 30.3 Å². The highest BCUT2D eigenvalue weighted by atomic mass is 16.2. The molecule has 4 heteroatoms. The summed E-state index contributed by atoms with van der Waals surface area (Å²) in [5.74, 6) is 0. The fourth-order valence-corrected chi connectivity index (χ4v) is 2.81. The molecule has 0 bridgehead atoms. The number of hydrogen-bond acceptors (Lipinski definition) is 2. The highest BCUT2D eigenvalue weighted by Gasteiger charge is 2.16. The molecule has 1 aliphatic rings. The number of aryl methyl sites for hydroxylation is 1. The number of pyridine rings is 1. The molecule has 0 atom stereocenters. The molecule has 0 saturated carbocycles. The van der Waals surface area contributed by atoms with E-state index in [1.54, 1.807) is 0 Å². The van der Waals surface area contributed by atoms with Crippen molar-refractivity contribution in [3.8, 4) is 0 Å². The van der Waals surface area contributed by atoms with E-state index in [-0.39, 0.29) is 6.03 Å². The van der Waals surface area contributed by atoms with Crippen molar-refractivity contribution in [2.75, 3.05) is 18.4 Å². The van der Waals surface area contributed by atoms with E-state index in [0.29, 0.717) is 0 Å². The Kier molecular flexibility index (Phi) is 4.04. The molecular weight excluding hydrogens is 262 g/mol. The van der Waals surface area contributed by atoms with Gasteiger partial charge >= 0.3 is 6.03 Å². The number of carbonyl (C=O) groups excluding carboxylic acids is 1. The zero-order valence-corrected chi connectivity index (χ0v) is 12.4. The first-order chi connectivity index (χ1) is 10.2. The van der Waals surface area contributed by atoms with Crippen LogP contribution < -0.4 is 5.32 Å². The van der Waals surface area contributed by atoms with Gasteiger partial charge in [0, 0.05) is 24.2 Å². The lowest BCUT2D eigenvalue weighted by atomic mass is 10.2. The predicted molar refractivity (Wildman–Crippen MR) is 85.5 cm³/mol. The molecule has 1 fully saturated rings. The largest absolute Gasteiger partial charge is 0.325 e. The zero-order chi connectivity index (χ0) is 14.7. The Balaban J connectivity index is 1.83. The number of carbonyl (C=O) groups is 1. The average molecular weight is 283 g/mol. The topological polar surface area (TPSA) is 45.2 Å². The molecule has 110 valence electrons. The SMILES string of the molecule is Cc1ccc2cccc(NC(=O)N3CCCCCC3)c2n1. The average Bonchev–Trinajstić information content (AvgIpc) is 2.77. The third kappa shape index (κ3) is 3.15. The third-order valence-corrected chi connectivity index (χ3v) is 3.99. The van der Waals surface area contributed by atoms with Crippen LogP contribution in [-0.2, 0) is 0 Å². The normalized spacial score (nSPS) is 15.8. The second kappa shape index (κ2) is 6.12. The maximum Gasteiger partial charge on any atom is 0.321 e. The summed E-state index contributed by atoms with van der Waals surface area (Å²) in [6, 6.07) is 9.92. The Morgan fingerprint density at radius 1 is 1.10 bits per heavy atom. The summed E-state index contributed by atoms with van der Waals surface area (Å²) in [5.41, 5.74) is 2.62. The summed E-state index contributed by atoms with van der Waals surface area (Å²) in [4.78, 5) is 18.9. The standard InChI is InChI=1S/C17H21N3O/c1-13-9-10-14-7-6-8-15(16(14)18-13)19-17(21)20-11-4-2-3-5-12-20/h6-10H,2-5,11-12H2,1H3,(H,19,21). The van der Waals surface area contributed by atoms with Gasteiger partial charge in [0.15, 0.2) is 0 Å². The first-order valence-electron chi connectivity index (χ1n) is 7.66. The van der Waals surface area contributed by atoms with Crippen molar-refractivity contribution in [3.05, 3.63) is 36.0 Å². The number of rotatable bonds is 1. The Morgan fingerprint density at radius 3 is 2.62 bits per heavy atom. The first kappa shape index (κ1) is 13.9. The van der Waals surface area contributed by atoms with E-state index < -0.39 is 0 Å². The fraction of sp³-hybridized carbons (Fsp3) is 0.412. The minimum atomic E-state index is -0.00675. The lowest BCUT2D eigenvalue weighted by molar-refractivity contribution is 0.214. The Morgan fingerprint density at radius 2 is 1.86 bits per heavy atom. The van der Waals surface area contributed by atoms with Gasteiger partial charge in [-0.3, -0.25) is 4.98 Å². The molecule has 1 aromatic carbocycles. The third-order valence-electron chi connectivity index (χ3n) is 3.99. The fourth-order valence-electron chi connectivity index (χ4n) is 2.81. The van der Waals surface area contributed by atoms with Crippen molar-refractivity contribution in [2.45, 2.75) is 32.6 Å². The van der Waals surface area contributed by atoms with Gasteiger partial charge in [-0.15, -0.1) is 0 Å². The van der Waals surface area contributed by atoms with E-state index in [9.17, 15) is 4.79 Å². The summed E-state index contributed by atoms with van der Waals surface area (Å²) in [6.07, 6.45) is 4.64.